The number of nitrogens with two attached hydrogens (primary N) is 1. The number of carbonyl (C=O) groups is 1. The molecule has 0 fully saturated rings. The van der Waals surface area contributed by atoms with Crippen LogP contribution in [0.5, 0.6) is 0 Å². The Balaban J connectivity index is 2.88. The maximum Gasteiger partial charge on any atom is 0.234 e. The van der Waals surface area contributed by atoms with Gasteiger partial charge in [-0.25, -0.2) is 0 Å². The molecule has 0 aromatic carbocycles. The zero-order valence-electron chi connectivity index (χ0n) is 12.4. The van der Waals surface area contributed by atoms with Gasteiger partial charge < -0.3 is 16.3 Å². The van der Waals surface area contributed by atoms with Crippen molar-refractivity contribution in [2.75, 3.05) is 0 Å². The van der Waals surface area contributed by atoms with Crippen LogP contribution in [0.1, 0.15) is 44.4 Å². The molecule has 1 amide bonds. The molecule has 0 spiro atoms. The van der Waals surface area contributed by atoms with Gasteiger partial charge in [-0.05, 0) is 25.0 Å². The van der Waals surface area contributed by atoms with Gasteiger partial charge in [0.05, 0.1) is 10.9 Å². The predicted octanol–water partition coefficient (Wildman–Crippen LogP) is 3.35. The molecule has 1 aromatic heterocycles. The Morgan fingerprint density at radius 2 is 2.05 bits per heavy atom. The van der Waals surface area contributed by atoms with Crippen LogP contribution in [0, 0.1) is 5.41 Å². The smallest absolute Gasteiger partial charge is 0.234 e. The first-order chi connectivity index (χ1) is 10.00. The van der Waals surface area contributed by atoms with E-state index in [9.17, 15) is 4.79 Å². The van der Waals surface area contributed by atoms with Crippen LogP contribution in [0.2, 0.25) is 4.34 Å². The summed E-state index contributed by atoms with van der Waals surface area (Å²) in [6.07, 6.45) is 2.64. The van der Waals surface area contributed by atoms with E-state index in [1.54, 1.807) is 6.07 Å². The fourth-order valence-electron chi connectivity index (χ4n) is 2.46. The van der Waals surface area contributed by atoms with E-state index in [2.05, 4.69) is 10.5 Å². The minimum Gasteiger partial charge on any atom is -0.409 e. The number of oxime groups is 1. The van der Waals surface area contributed by atoms with E-state index in [0.29, 0.717) is 23.7 Å². The summed E-state index contributed by atoms with van der Waals surface area (Å²) in [6.45, 7) is 4.34. The van der Waals surface area contributed by atoms with E-state index >= 15 is 0 Å². The van der Waals surface area contributed by atoms with Gasteiger partial charge >= 0.3 is 0 Å². The minimum atomic E-state index is -0.945. The lowest BCUT2D eigenvalue weighted by molar-refractivity contribution is -0.128. The van der Waals surface area contributed by atoms with Crippen molar-refractivity contribution < 1.29 is 10.0 Å². The molecule has 0 bridgehead atoms. The number of carbonyl (C=O) groups excluding carboxylic acids is 1. The first kappa shape index (κ1) is 17.8. The molecule has 7 heteroatoms. The van der Waals surface area contributed by atoms with E-state index in [1.165, 1.54) is 11.3 Å². The summed E-state index contributed by atoms with van der Waals surface area (Å²) in [5.41, 5.74) is 4.87. The number of amides is 1. The molecule has 0 saturated heterocycles. The zero-order valence-corrected chi connectivity index (χ0v) is 13.9. The second-order valence-electron chi connectivity index (χ2n) is 4.96. The summed E-state index contributed by atoms with van der Waals surface area (Å²) in [4.78, 5) is 13.6. The van der Waals surface area contributed by atoms with Crippen molar-refractivity contribution in [2.45, 2.75) is 46.1 Å². The molecule has 0 radical (unpaired) electrons. The lowest BCUT2D eigenvalue weighted by Crippen LogP contribution is -2.49. The molecule has 5 nitrogen and oxygen atoms in total. The van der Waals surface area contributed by atoms with Gasteiger partial charge in [-0.15, -0.1) is 11.3 Å². The summed E-state index contributed by atoms with van der Waals surface area (Å²) < 4.78 is 0.684. The molecule has 1 aromatic rings. The summed E-state index contributed by atoms with van der Waals surface area (Å²) in [6, 6.07) is 3.67. The van der Waals surface area contributed by atoms with Crippen LogP contribution < -0.4 is 11.1 Å². The quantitative estimate of drug-likeness (QED) is 0.295. The summed E-state index contributed by atoms with van der Waals surface area (Å²) in [7, 11) is 0. The molecule has 118 valence electrons. The van der Waals surface area contributed by atoms with Gasteiger partial charge in [0.1, 0.15) is 5.41 Å². The first-order valence-corrected chi connectivity index (χ1v) is 8.20. The van der Waals surface area contributed by atoms with Gasteiger partial charge in [-0.1, -0.05) is 43.4 Å². The summed E-state index contributed by atoms with van der Waals surface area (Å²) >= 11 is 7.29. The molecule has 0 saturated carbocycles. The van der Waals surface area contributed by atoms with Gasteiger partial charge in [0.2, 0.25) is 5.91 Å². The average molecular weight is 332 g/mol. The van der Waals surface area contributed by atoms with Crippen molar-refractivity contribution in [3.8, 4) is 0 Å². The summed E-state index contributed by atoms with van der Waals surface area (Å²) in [5.74, 6) is -0.223. The zero-order chi connectivity index (χ0) is 15.9. The Labute approximate surface area is 134 Å². The van der Waals surface area contributed by atoms with E-state index in [0.717, 1.165) is 17.7 Å². The maximum absolute atomic E-state index is 12.6. The standard InChI is InChI=1S/C14H22ClN3O2S/c1-3-7-14(8-4-2,12(16)18-20)13(19)17-9-10-5-6-11(15)21-10/h5-6,20H,3-4,7-9H2,1-2H3,(H2,16,18)(H,17,19). The lowest BCUT2D eigenvalue weighted by Gasteiger charge is -2.30. The van der Waals surface area contributed by atoms with Crippen molar-refractivity contribution in [1.29, 1.82) is 0 Å². The first-order valence-electron chi connectivity index (χ1n) is 7.00. The van der Waals surface area contributed by atoms with Crippen LogP contribution in [0.3, 0.4) is 0 Å². The van der Waals surface area contributed by atoms with E-state index in [4.69, 9.17) is 22.5 Å². The van der Waals surface area contributed by atoms with E-state index < -0.39 is 5.41 Å². The van der Waals surface area contributed by atoms with E-state index in [1.807, 2.05) is 19.9 Å². The number of hydrogen-bond donors (Lipinski definition) is 3. The summed E-state index contributed by atoms with van der Waals surface area (Å²) in [5, 5.41) is 15.0. The van der Waals surface area contributed by atoms with Gasteiger partial charge in [0, 0.05) is 4.88 Å². The third-order valence-corrected chi connectivity index (χ3v) is 4.67. The largest absolute Gasteiger partial charge is 0.409 e. The predicted molar refractivity (Wildman–Crippen MR) is 86.8 cm³/mol. The fourth-order valence-corrected chi connectivity index (χ4v) is 3.48. The van der Waals surface area contributed by atoms with Crippen molar-refractivity contribution in [1.82, 2.24) is 5.32 Å². The van der Waals surface area contributed by atoms with Crippen LogP contribution in [0.15, 0.2) is 17.3 Å². The Bertz CT molecular complexity index is 496. The van der Waals surface area contributed by atoms with Crippen LogP contribution in [0.25, 0.3) is 0 Å². The number of nitrogens with zero attached hydrogens (tertiary/aromatic N) is 1. The van der Waals surface area contributed by atoms with E-state index in [-0.39, 0.29) is 11.7 Å². The second-order valence-corrected chi connectivity index (χ2v) is 6.76. The van der Waals surface area contributed by atoms with Gasteiger partial charge in [-0.2, -0.15) is 0 Å². The van der Waals surface area contributed by atoms with Crippen molar-refractivity contribution in [2.24, 2.45) is 16.3 Å². The van der Waals surface area contributed by atoms with Crippen molar-refractivity contribution in [3.05, 3.63) is 21.3 Å². The Hall–Kier alpha value is -1.27. The highest BCUT2D eigenvalue weighted by molar-refractivity contribution is 7.16. The van der Waals surface area contributed by atoms with Gasteiger partial charge in [0.25, 0.3) is 0 Å². The third-order valence-electron chi connectivity index (χ3n) is 3.44. The molecule has 0 aliphatic heterocycles. The number of rotatable bonds is 8. The SMILES string of the molecule is CCCC(CCC)(C(=O)NCc1ccc(Cl)s1)C(N)=NO. The molecule has 0 aliphatic carbocycles. The second kappa shape index (κ2) is 8.24. The average Bonchev–Trinajstić information content (AvgIpc) is 2.89. The normalized spacial score (nSPS) is 12.4. The Morgan fingerprint density at radius 3 is 2.48 bits per heavy atom. The molecular formula is C14H22ClN3O2S. The minimum absolute atomic E-state index is 0.0205. The molecular weight excluding hydrogens is 310 g/mol. The molecule has 4 N–H and O–H groups in total. The number of thiophene rings is 1. The lowest BCUT2D eigenvalue weighted by atomic mass is 9.77. The number of nitrogens with one attached hydrogen (secondary N) is 1. The van der Waals surface area contributed by atoms with Crippen LogP contribution in [0.4, 0.5) is 0 Å². The van der Waals surface area contributed by atoms with Gasteiger partial charge in [-0.3, -0.25) is 4.79 Å². The number of hydrogen-bond acceptors (Lipinski definition) is 4. The highest BCUT2D eigenvalue weighted by Crippen LogP contribution is 2.31. The van der Waals surface area contributed by atoms with Gasteiger partial charge in [0.15, 0.2) is 5.84 Å². The van der Waals surface area contributed by atoms with Crippen LogP contribution in [-0.4, -0.2) is 17.0 Å². The highest BCUT2D eigenvalue weighted by Gasteiger charge is 2.41. The molecule has 0 aliphatic rings. The molecule has 1 rings (SSSR count). The van der Waals surface area contributed by atoms with Crippen LogP contribution in [-0.2, 0) is 11.3 Å². The number of halogens is 1. The molecule has 21 heavy (non-hydrogen) atoms. The molecule has 0 unspecified atom stereocenters. The van der Waals surface area contributed by atoms with Crippen LogP contribution >= 0.6 is 22.9 Å². The monoisotopic (exact) mass is 331 g/mol. The van der Waals surface area contributed by atoms with Crippen molar-refractivity contribution >= 4 is 34.7 Å². The highest BCUT2D eigenvalue weighted by atomic mass is 35.5. The third kappa shape index (κ3) is 4.35. The Kier molecular flexibility index (Phi) is 6.98. The molecule has 0 atom stereocenters. The Morgan fingerprint density at radius 1 is 1.43 bits per heavy atom. The topological polar surface area (TPSA) is 87.7 Å². The fraction of sp³-hybridized carbons (Fsp3) is 0.571. The molecule has 1 heterocycles. The van der Waals surface area contributed by atoms with Crippen molar-refractivity contribution in [3.63, 3.8) is 0 Å². The maximum atomic E-state index is 12.6. The number of amidine groups is 1.